The summed E-state index contributed by atoms with van der Waals surface area (Å²) in [5.74, 6) is -1.04. The largest absolute Gasteiger partial charge is 0.351 e. The average molecular weight is 389 g/mol. The van der Waals surface area contributed by atoms with Gasteiger partial charge in [-0.15, -0.1) is 0 Å². The maximum absolute atomic E-state index is 12.8. The quantitative estimate of drug-likeness (QED) is 0.490. The van der Waals surface area contributed by atoms with E-state index >= 15 is 0 Å². The van der Waals surface area contributed by atoms with Crippen molar-refractivity contribution in [3.8, 4) is 0 Å². The van der Waals surface area contributed by atoms with E-state index in [1.54, 1.807) is 0 Å². The average Bonchev–Trinajstić information content (AvgIpc) is 2.58. The third-order valence-electron chi connectivity index (χ3n) is 4.31. The number of quaternary nitrogens is 1. The van der Waals surface area contributed by atoms with Crippen LogP contribution in [0.1, 0.15) is 44.0 Å². The SMILES string of the molecule is CC[NH+](CC)CCC[C@@H](C)NS(=O)(=O)CCNC(=O)c1ccc(F)cc1. The van der Waals surface area contributed by atoms with Gasteiger partial charge in [0.15, 0.2) is 0 Å². The molecule has 148 valence electrons. The second kappa shape index (κ2) is 11.3. The predicted molar refractivity (Wildman–Crippen MR) is 101 cm³/mol. The van der Waals surface area contributed by atoms with Crippen LogP contribution in [0.15, 0.2) is 24.3 Å². The summed E-state index contributed by atoms with van der Waals surface area (Å²) in [5.41, 5.74) is 0.295. The second-order valence-corrected chi connectivity index (χ2v) is 8.32. The van der Waals surface area contributed by atoms with Crippen molar-refractivity contribution in [2.45, 2.75) is 39.7 Å². The topological polar surface area (TPSA) is 79.7 Å². The maximum atomic E-state index is 12.8. The fraction of sp³-hybridized carbons (Fsp3) is 0.611. The van der Waals surface area contributed by atoms with Gasteiger partial charge in [0, 0.05) is 18.2 Å². The Balaban J connectivity index is 2.32. The molecule has 26 heavy (non-hydrogen) atoms. The minimum atomic E-state index is -3.46. The zero-order chi connectivity index (χ0) is 19.6. The summed E-state index contributed by atoms with van der Waals surface area (Å²) in [4.78, 5) is 13.4. The molecule has 1 aromatic carbocycles. The first-order chi connectivity index (χ1) is 12.3. The van der Waals surface area contributed by atoms with Crippen molar-refractivity contribution in [2.24, 2.45) is 0 Å². The fourth-order valence-corrected chi connectivity index (χ4v) is 3.91. The Kier molecular flexibility index (Phi) is 9.75. The van der Waals surface area contributed by atoms with Crippen molar-refractivity contribution in [3.05, 3.63) is 35.6 Å². The molecule has 0 aliphatic carbocycles. The van der Waals surface area contributed by atoms with Crippen molar-refractivity contribution in [1.29, 1.82) is 0 Å². The number of benzene rings is 1. The molecule has 0 heterocycles. The smallest absolute Gasteiger partial charge is 0.251 e. The van der Waals surface area contributed by atoms with Crippen LogP contribution in [0.4, 0.5) is 4.39 Å². The standard InChI is InChI=1S/C18H30FN3O3S/c1-4-22(5-2)13-6-7-15(3)21-26(24,25)14-12-20-18(23)16-8-10-17(19)11-9-16/h8-11,15,21H,4-7,12-14H2,1-3H3,(H,20,23)/p+1/t15-/m1/s1. The molecule has 8 heteroatoms. The van der Waals surface area contributed by atoms with Crippen LogP contribution in [0, 0.1) is 5.82 Å². The Labute approximate surface area is 156 Å². The molecule has 3 N–H and O–H groups in total. The van der Waals surface area contributed by atoms with E-state index in [1.807, 2.05) is 6.92 Å². The van der Waals surface area contributed by atoms with Crippen molar-refractivity contribution in [1.82, 2.24) is 10.0 Å². The van der Waals surface area contributed by atoms with Gasteiger partial charge >= 0.3 is 0 Å². The van der Waals surface area contributed by atoms with Crippen LogP contribution in [-0.2, 0) is 10.0 Å². The van der Waals surface area contributed by atoms with E-state index in [0.717, 1.165) is 32.5 Å². The summed E-state index contributed by atoms with van der Waals surface area (Å²) < 4.78 is 39.7. The van der Waals surface area contributed by atoms with Crippen LogP contribution < -0.4 is 14.9 Å². The molecule has 0 unspecified atom stereocenters. The van der Waals surface area contributed by atoms with E-state index in [1.165, 1.54) is 29.2 Å². The zero-order valence-electron chi connectivity index (χ0n) is 15.8. The van der Waals surface area contributed by atoms with Crippen LogP contribution in [0.2, 0.25) is 0 Å². The first kappa shape index (κ1) is 22.5. The van der Waals surface area contributed by atoms with E-state index in [-0.39, 0.29) is 18.3 Å². The van der Waals surface area contributed by atoms with E-state index in [4.69, 9.17) is 0 Å². The van der Waals surface area contributed by atoms with Gasteiger partial charge in [0.05, 0.1) is 25.4 Å². The molecule has 0 radical (unpaired) electrons. The van der Waals surface area contributed by atoms with Gasteiger partial charge in [-0.1, -0.05) is 0 Å². The highest BCUT2D eigenvalue weighted by Gasteiger charge is 2.15. The number of carbonyl (C=O) groups excluding carboxylic acids is 1. The number of halogens is 1. The molecule has 1 atom stereocenters. The summed E-state index contributed by atoms with van der Waals surface area (Å²) in [6.07, 6.45) is 1.74. The molecule has 0 saturated heterocycles. The van der Waals surface area contributed by atoms with Crippen LogP contribution in [0.3, 0.4) is 0 Å². The molecule has 0 saturated carbocycles. The van der Waals surface area contributed by atoms with Crippen LogP contribution in [-0.4, -0.2) is 52.3 Å². The van der Waals surface area contributed by atoms with Crippen molar-refractivity contribution in [2.75, 3.05) is 31.9 Å². The normalized spacial score (nSPS) is 13.0. The molecule has 0 spiro atoms. The molecule has 6 nitrogen and oxygen atoms in total. The molecule has 1 aromatic rings. The summed E-state index contributed by atoms with van der Waals surface area (Å²) in [7, 11) is -3.46. The minimum Gasteiger partial charge on any atom is -0.351 e. The van der Waals surface area contributed by atoms with Gasteiger partial charge in [-0.05, 0) is 57.9 Å². The predicted octanol–water partition coefficient (Wildman–Crippen LogP) is 0.568. The molecule has 1 amide bonds. The molecule has 0 aromatic heterocycles. The van der Waals surface area contributed by atoms with E-state index in [0.29, 0.717) is 5.56 Å². The highest BCUT2D eigenvalue weighted by molar-refractivity contribution is 7.89. The number of carbonyl (C=O) groups is 1. The van der Waals surface area contributed by atoms with Crippen molar-refractivity contribution >= 4 is 15.9 Å². The van der Waals surface area contributed by atoms with Gasteiger partial charge in [-0.2, -0.15) is 0 Å². The Bertz CT molecular complexity index is 646. The first-order valence-corrected chi connectivity index (χ1v) is 10.8. The molecular weight excluding hydrogens is 357 g/mol. The summed E-state index contributed by atoms with van der Waals surface area (Å²) >= 11 is 0. The monoisotopic (exact) mass is 388 g/mol. The number of hydrogen-bond acceptors (Lipinski definition) is 3. The molecule has 0 aliphatic rings. The lowest BCUT2D eigenvalue weighted by Gasteiger charge is -2.18. The molecule has 0 bridgehead atoms. The summed E-state index contributed by atoms with van der Waals surface area (Å²) in [6, 6.07) is 4.96. The summed E-state index contributed by atoms with van der Waals surface area (Å²) in [5, 5.41) is 2.54. The van der Waals surface area contributed by atoms with Crippen LogP contribution in [0.25, 0.3) is 0 Å². The van der Waals surface area contributed by atoms with Crippen LogP contribution in [0.5, 0.6) is 0 Å². The minimum absolute atomic E-state index is 0.00184. The van der Waals surface area contributed by atoms with Crippen molar-refractivity contribution < 1.29 is 22.5 Å². The van der Waals surface area contributed by atoms with Gasteiger partial charge in [-0.3, -0.25) is 4.79 Å². The second-order valence-electron chi connectivity index (χ2n) is 6.45. The maximum Gasteiger partial charge on any atom is 0.251 e. The van der Waals surface area contributed by atoms with E-state index < -0.39 is 21.7 Å². The van der Waals surface area contributed by atoms with Gasteiger partial charge in [0.2, 0.25) is 10.0 Å². The lowest BCUT2D eigenvalue weighted by molar-refractivity contribution is -0.896. The molecule has 1 rings (SSSR count). The van der Waals surface area contributed by atoms with Crippen molar-refractivity contribution in [3.63, 3.8) is 0 Å². The Morgan fingerprint density at radius 2 is 1.81 bits per heavy atom. The number of hydrogen-bond donors (Lipinski definition) is 3. The molecular formula is C18H31FN3O3S+. The third-order valence-corrected chi connectivity index (χ3v) is 5.81. The number of rotatable bonds is 12. The lowest BCUT2D eigenvalue weighted by atomic mass is 10.2. The van der Waals surface area contributed by atoms with Gasteiger partial charge in [0.1, 0.15) is 5.82 Å². The van der Waals surface area contributed by atoms with E-state index in [9.17, 15) is 17.6 Å². The number of nitrogens with one attached hydrogen (secondary N) is 3. The molecule has 0 fully saturated rings. The lowest BCUT2D eigenvalue weighted by Crippen LogP contribution is -3.11. The first-order valence-electron chi connectivity index (χ1n) is 9.14. The third kappa shape index (κ3) is 8.73. The number of amides is 1. The Morgan fingerprint density at radius 1 is 1.19 bits per heavy atom. The Hall–Kier alpha value is -1.51. The highest BCUT2D eigenvalue weighted by Crippen LogP contribution is 2.02. The highest BCUT2D eigenvalue weighted by atomic mass is 32.2. The van der Waals surface area contributed by atoms with Gasteiger partial charge < -0.3 is 10.2 Å². The zero-order valence-corrected chi connectivity index (χ0v) is 16.7. The van der Waals surface area contributed by atoms with Crippen LogP contribution >= 0.6 is 0 Å². The number of sulfonamides is 1. The van der Waals surface area contributed by atoms with Gasteiger partial charge in [-0.25, -0.2) is 17.5 Å². The van der Waals surface area contributed by atoms with Gasteiger partial charge in [0.25, 0.3) is 5.91 Å². The molecule has 0 aliphatic heterocycles. The Morgan fingerprint density at radius 3 is 2.38 bits per heavy atom. The van der Waals surface area contributed by atoms with E-state index in [2.05, 4.69) is 23.9 Å². The fourth-order valence-electron chi connectivity index (χ4n) is 2.69. The summed E-state index contributed by atoms with van der Waals surface area (Å²) in [6.45, 7) is 9.33.